The van der Waals surface area contributed by atoms with Crippen molar-refractivity contribution in [1.82, 2.24) is 10.2 Å². The first-order valence-electron chi connectivity index (χ1n) is 12.2. The zero-order valence-corrected chi connectivity index (χ0v) is 19.8. The Hall–Kier alpha value is -3.93. The molecular formula is C27H29FN4O4. The van der Waals surface area contributed by atoms with E-state index < -0.39 is 23.9 Å². The standard InChI is InChI=1S/C27H29FN4O4/c28-23-14-21(11-10-20(23)15-29)31-25(33)24-22(18-4-2-1-3-5-18)12-13-32(24)26(34)19-8-6-17(7-9-19)16-30-27(35)36/h1-5,10-11,14,17,19,22,24,30H,6-9,12-13,16H2,(H,31,33)(H,35,36)/t17?,19?,22-,24-/m0/s1. The summed E-state index contributed by atoms with van der Waals surface area (Å²) < 4.78 is 14.1. The van der Waals surface area contributed by atoms with E-state index in [-0.39, 0.29) is 34.9 Å². The van der Waals surface area contributed by atoms with Crippen molar-refractivity contribution < 1.29 is 23.9 Å². The van der Waals surface area contributed by atoms with E-state index in [4.69, 9.17) is 10.4 Å². The zero-order chi connectivity index (χ0) is 25.7. The van der Waals surface area contributed by atoms with Gasteiger partial charge in [0.05, 0.1) is 5.56 Å². The Morgan fingerprint density at radius 1 is 1.06 bits per heavy atom. The van der Waals surface area contributed by atoms with Crippen LogP contribution < -0.4 is 10.6 Å². The molecule has 4 rings (SSSR count). The van der Waals surface area contributed by atoms with Crippen LogP contribution in [0.5, 0.6) is 0 Å². The maximum Gasteiger partial charge on any atom is 0.404 e. The number of carbonyl (C=O) groups excluding carboxylic acids is 2. The van der Waals surface area contributed by atoms with Crippen LogP contribution in [-0.2, 0) is 9.59 Å². The van der Waals surface area contributed by atoms with Crippen LogP contribution in [0.1, 0.15) is 49.1 Å². The Kier molecular flexibility index (Phi) is 7.84. The Morgan fingerprint density at radius 2 is 1.78 bits per heavy atom. The van der Waals surface area contributed by atoms with Gasteiger partial charge < -0.3 is 20.6 Å². The number of carbonyl (C=O) groups is 3. The number of likely N-dealkylation sites (tertiary alicyclic amines) is 1. The SMILES string of the molecule is N#Cc1ccc(NC(=O)[C@@H]2[C@H](c3ccccc3)CCN2C(=O)C2CCC(CNC(=O)O)CC2)cc1F. The van der Waals surface area contributed by atoms with Crippen LogP contribution in [0.4, 0.5) is 14.9 Å². The zero-order valence-electron chi connectivity index (χ0n) is 19.8. The molecule has 3 N–H and O–H groups in total. The highest BCUT2D eigenvalue weighted by Gasteiger charge is 2.44. The molecule has 1 saturated carbocycles. The number of halogens is 1. The Balaban J connectivity index is 1.51. The van der Waals surface area contributed by atoms with Crippen LogP contribution in [0, 0.1) is 29.0 Å². The minimum absolute atomic E-state index is 0.0655. The fraction of sp³-hybridized carbons (Fsp3) is 0.407. The largest absolute Gasteiger partial charge is 0.465 e. The number of nitriles is 1. The van der Waals surface area contributed by atoms with Crippen molar-refractivity contribution in [3.05, 3.63) is 65.5 Å². The van der Waals surface area contributed by atoms with Crippen LogP contribution >= 0.6 is 0 Å². The van der Waals surface area contributed by atoms with Gasteiger partial charge in [-0.1, -0.05) is 30.3 Å². The third kappa shape index (κ3) is 5.65. The van der Waals surface area contributed by atoms with Gasteiger partial charge in [-0.3, -0.25) is 9.59 Å². The second-order valence-corrected chi connectivity index (χ2v) is 9.48. The minimum Gasteiger partial charge on any atom is -0.465 e. The van der Waals surface area contributed by atoms with Crippen molar-refractivity contribution in [1.29, 1.82) is 5.26 Å². The first-order chi connectivity index (χ1) is 17.4. The van der Waals surface area contributed by atoms with Gasteiger partial charge in [-0.25, -0.2) is 9.18 Å². The van der Waals surface area contributed by atoms with Crippen LogP contribution in [0.2, 0.25) is 0 Å². The summed E-state index contributed by atoms with van der Waals surface area (Å²) in [6.45, 7) is 0.820. The van der Waals surface area contributed by atoms with Gasteiger partial charge in [-0.15, -0.1) is 0 Å². The predicted octanol–water partition coefficient (Wildman–Crippen LogP) is 4.09. The van der Waals surface area contributed by atoms with Crippen molar-refractivity contribution in [2.45, 2.75) is 44.1 Å². The normalized spacial score (nSPS) is 23.5. The van der Waals surface area contributed by atoms with E-state index in [1.807, 2.05) is 30.3 Å². The molecule has 2 aliphatic rings. The van der Waals surface area contributed by atoms with E-state index in [2.05, 4.69) is 10.6 Å². The Bertz CT molecular complexity index is 1160. The van der Waals surface area contributed by atoms with Crippen LogP contribution in [0.25, 0.3) is 0 Å². The van der Waals surface area contributed by atoms with Gasteiger partial charge >= 0.3 is 6.09 Å². The number of anilines is 1. The molecule has 1 aliphatic carbocycles. The van der Waals surface area contributed by atoms with Crippen LogP contribution in [-0.4, -0.2) is 47.0 Å². The molecular weight excluding hydrogens is 463 g/mol. The fourth-order valence-electron chi connectivity index (χ4n) is 5.39. The predicted molar refractivity (Wildman–Crippen MR) is 131 cm³/mol. The van der Waals surface area contributed by atoms with E-state index in [0.717, 1.165) is 24.5 Å². The van der Waals surface area contributed by atoms with Crippen LogP contribution in [0.3, 0.4) is 0 Å². The average Bonchev–Trinajstić information content (AvgIpc) is 3.33. The van der Waals surface area contributed by atoms with Gasteiger partial charge in [0.25, 0.3) is 0 Å². The number of nitrogens with one attached hydrogen (secondary N) is 2. The number of hydrogen-bond acceptors (Lipinski definition) is 4. The van der Waals surface area contributed by atoms with Crippen molar-refractivity contribution >= 4 is 23.6 Å². The quantitative estimate of drug-likeness (QED) is 0.561. The molecule has 1 saturated heterocycles. The maximum atomic E-state index is 14.1. The molecule has 1 aliphatic heterocycles. The first-order valence-corrected chi connectivity index (χ1v) is 12.2. The van der Waals surface area contributed by atoms with Crippen molar-refractivity contribution in [2.24, 2.45) is 11.8 Å². The summed E-state index contributed by atoms with van der Waals surface area (Å²) in [5.41, 5.74) is 1.08. The molecule has 3 amide bonds. The summed E-state index contributed by atoms with van der Waals surface area (Å²) in [5.74, 6) is -1.39. The monoisotopic (exact) mass is 492 g/mol. The van der Waals surface area contributed by atoms with E-state index in [1.54, 1.807) is 11.0 Å². The second-order valence-electron chi connectivity index (χ2n) is 9.48. The summed E-state index contributed by atoms with van der Waals surface area (Å²) in [6.07, 6.45) is 2.36. The fourth-order valence-corrected chi connectivity index (χ4v) is 5.39. The van der Waals surface area contributed by atoms with E-state index in [9.17, 15) is 18.8 Å². The molecule has 0 aromatic heterocycles. The summed E-state index contributed by atoms with van der Waals surface area (Å²) in [4.78, 5) is 39.5. The molecule has 1 heterocycles. The van der Waals surface area contributed by atoms with E-state index in [1.165, 1.54) is 12.1 Å². The van der Waals surface area contributed by atoms with Crippen molar-refractivity contribution in [3.63, 3.8) is 0 Å². The molecule has 0 bridgehead atoms. The molecule has 9 heteroatoms. The van der Waals surface area contributed by atoms with Gasteiger partial charge in [-0.2, -0.15) is 5.26 Å². The third-order valence-electron chi connectivity index (χ3n) is 7.27. The Morgan fingerprint density at radius 3 is 2.42 bits per heavy atom. The summed E-state index contributed by atoms with van der Waals surface area (Å²) in [7, 11) is 0. The lowest BCUT2D eigenvalue weighted by molar-refractivity contribution is -0.141. The van der Waals surface area contributed by atoms with Crippen molar-refractivity contribution in [3.8, 4) is 6.07 Å². The minimum atomic E-state index is -1.05. The van der Waals surface area contributed by atoms with Crippen LogP contribution in [0.15, 0.2) is 48.5 Å². The van der Waals surface area contributed by atoms with Gasteiger partial charge in [0.15, 0.2) is 0 Å². The van der Waals surface area contributed by atoms with E-state index >= 15 is 0 Å². The summed E-state index contributed by atoms with van der Waals surface area (Å²) >= 11 is 0. The molecule has 2 fully saturated rings. The van der Waals surface area contributed by atoms with E-state index in [0.29, 0.717) is 32.4 Å². The highest BCUT2D eigenvalue weighted by atomic mass is 19.1. The number of carboxylic acid groups (broad SMARTS) is 1. The molecule has 2 aromatic rings. The third-order valence-corrected chi connectivity index (χ3v) is 7.27. The first kappa shape index (κ1) is 25.2. The molecule has 188 valence electrons. The number of benzene rings is 2. The smallest absolute Gasteiger partial charge is 0.404 e. The van der Waals surface area contributed by atoms with Crippen molar-refractivity contribution in [2.75, 3.05) is 18.4 Å². The lowest BCUT2D eigenvalue weighted by Crippen LogP contribution is -2.48. The van der Waals surface area contributed by atoms with Gasteiger partial charge in [0, 0.05) is 30.6 Å². The molecule has 0 radical (unpaired) electrons. The number of amides is 3. The molecule has 2 atom stereocenters. The topological polar surface area (TPSA) is 123 Å². The summed E-state index contributed by atoms with van der Waals surface area (Å²) in [5, 5.41) is 23.0. The molecule has 8 nitrogen and oxygen atoms in total. The number of rotatable bonds is 6. The lowest BCUT2D eigenvalue weighted by atomic mass is 9.81. The highest BCUT2D eigenvalue weighted by molar-refractivity contribution is 5.98. The number of nitrogens with zero attached hydrogens (tertiary/aromatic N) is 2. The molecule has 2 aromatic carbocycles. The molecule has 0 spiro atoms. The van der Waals surface area contributed by atoms with Gasteiger partial charge in [0.1, 0.15) is 17.9 Å². The number of hydrogen-bond donors (Lipinski definition) is 3. The molecule has 0 unspecified atom stereocenters. The van der Waals surface area contributed by atoms with Gasteiger partial charge in [-0.05, 0) is 61.8 Å². The lowest BCUT2D eigenvalue weighted by Gasteiger charge is -2.33. The molecule has 36 heavy (non-hydrogen) atoms. The second kappa shape index (κ2) is 11.2. The summed E-state index contributed by atoms with van der Waals surface area (Å²) in [6, 6.07) is 14.5. The highest BCUT2D eigenvalue weighted by Crippen LogP contribution is 2.38. The van der Waals surface area contributed by atoms with Gasteiger partial charge in [0.2, 0.25) is 11.8 Å². The average molecular weight is 493 g/mol. The maximum absolute atomic E-state index is 14.1. The Labute approximate surface area is 209 Å².